The Labute approximate surface area is 126 Å². The second kappa shape index (κ2) is 7.42. The summed E-state index contributed by atoms with van der Waals surface area (Å²) in [4.78, 5) is 13.3. The van der Waals surface area contributed by atoms with Gasteiger partial charge in [0.2, 0.25) is 0 Å². The van der Waals surface area contributed by atoms with Crippen molar-refractivity contribution in [3.8, 4) is 0 Å². The summed E-state index contributed by atoms with van der Waals surface area (Å²) in [5, 5.41) is 5.89. The Balaban J connectivity index is 2.66. The molecule has 0 aliphatic carbocycles. The van der Waals surface area contributed by atoms with E-state index in [0.29, 0.717) is 5.69 Å². The summed E-state index contributed by atoms with van der Waals surface area (Å²) >= 11 is 0. The Bertz CT molecular complexity index is 587. The van der Waals surface area contributed by atoms with Gasteiger partial charge in [0.15, 0.2) is 0 Å². The van der Waals surface area contributed by atoms with Gasteiger partial charge in [-0.25, -0.2) is 13.2 Å². The van der Waals surface area contributed by atoms with Crippen LogP contribution in [-0.4, -0.2) is 52.0 Å². The summed E-state index contributed by atoms with van der Waals surface area (Å²) in [7, 11) is 0.363. The molecule has 0 aromatic heterocycles. The van der Waals surface area contributed by atoms with Crippen molar-refractivity contribution in [2.24, 2.45) is 0 Å². The summed E-state index contributed by atoms with van der Waals surface area (Å²) in [5.41, 5.74) is 1.75. The standard InChI is InChI=1S/C14H23N3O3S/c1-11(15-2)12-6-5-7-13(10-12)16-14(18)17(3)8-9-21(4,19)20/h5-7,10-11,15H,8-9H2,1-4H3,(H,16,18). The molecule has 7 heteroatoms. The smallest absolute Gasteiger partial charge is 0.321 e. The number of carbonyl (C=O) groups excluding carboxylic acids is 1. The van der Waals surface area contributed by atoms with Gasteiger partial charge in [-0.15, -0.1) is 0 Å². The fraction of sp³-hybridized carbons (Fsp3) is 0.500. The fourth-order valence-corrected chi connectivity index (χ4v) is 2.28. The molecule has 0 aliphatic rings. The Morgan fingerprint density at radius 2 is 2.05 bits per heavy atom. The van der Waals surface area contributed by atoms with Gasteiger partial charge in [0.05, 0.1) is 5.75 Å². The highest BCUT2D eigenvalue weighted by Crippen LogP contribution is 2.17. The molecule has 2 N–H and O–H groups in total. The van der Waals surface area contributed by atoms with Crippen molar-refractivity contribution in [3.63, 3.8) is 0 Å². The molecule has 0 spiro atoms. The van der Waals surface area contributed by atoms with Crippen molar-refractivity contribution in [1.82, 2.24) is 10.2 Å². The molecule has 21 heavy (non-hydrogen) atoms. The Hall–Kier alpha value is -1.60. The predicted molar refractivity (Wildman–Crippen MR) is 85.3 cm³/mol. The molecule has 0 heterocycles. The second-order valence-corrected chi connectivity index (χ2v) is 7.38. The molecule has 1 aromatic rings. The van der Waals surface area contributed by atoms with E-state index in [-0.39, 0.29) is 24.4 Å². The Kier molecular flexibility index (Phi) is 6.17. The van der Waals surface area contributed by atoms with Gasteiger partial charge in [-0.2, -0.15) is 0 Å². The van der Waals surface area contributed by atoms with Crippen molar-refractivity contribution in [1.29, 1.82) is 0 Å². The topological polar surface area (TPSA) is 78.5 Å². The zero-order chi connectivity index (χ0) is 16.0. The normalized spacial score (nSPS) is 12.8. The lowest BCUT2D eigenvalue weighted by Gasteiger charge is -2.18. The number of hydrogen-bond acceptors (Lipinski definition) is 4. The minimum atomic E-state index is -3.08. The van der Waals surface area contributed by atoms with Gasteiger partial charge in [0, 0.05) is 31.6 Å². The zero-order valence-electron chi connectivity index (χ0n) is 12.9. The molecule has 1 atom stereocenters. The van der Waals surface area contributed by atoms with E-state index in [1.165, 1.54) is 4.90 Å². The molecule has 0 aliphatic heterocycles. The molecule has 118 valence electrons. The van der Waals surface area contributed by atoms with Crippen LogP contribution < -0.4 is 10.6 Å². The van der Waals surface area contributed by atoms with Gasteiger partial charge < -0.3 is 15.5 Å². The number of benzene rings is 1. The molecule has 2 amide bonds. The summed E-state index contributed by atoms with van der Waals surface area (Å²) < 4.78 is 22.2. The highest BCUT2D eigenvalue weighted by Gasteiger charge is 2.12. The minimum Gasteiger partial charge on any atom is -0.327 e. The maximum absolute atomic E-state index is 12.0. The molecule has 0 radical (unpaired) electrons. The van der Waals surface area contributed by atoms with Crippen LogP contribution in [-0.2, 0) is 9.84 Å². The maximum Gasteiger partial charge on any atom is 0.321 e. The van der Waals surface area contributed by atoms with Gasteiger partial charge >= 0.3 is 6.03 Å². The number of nitrogens with one attached hydrogen (secondary N) is 2. The first-order chi connectivity index (χ1) is 9.73. The Morgan fingerprint density at radius 1 is 1.38 bits per heavy atom. The lowest BCUT2D eigenvalue weighted by Crippen LogP contribution is -2.34. The molecular formula is C14H23N3O3S. The molecule has 1 rings (SSSR count). The molecule has 1 unspecified atom stereocenters. The molecule has 0 saturated carbocycles. The monoisotopic (exact) mass is 313 g/mol. The molecule has 1 aromatic carbocycles. The average molecular weight is 313 g/mol. The highest BCUT2D eigenvalue weighted by molar-refractivity contribution is 7.90. The van der Waals surface area contributed by atoms with E-state index in [0.717, 1.165) is 11.8 Å². The van der Waals surface area contributed by atoms with Gasteiger partial charge in [0.25, 0.3) is 0 Å². The van der Waals surface area contributed by atoms with Crippen molar-refractivity contribution in [2.45, 2.75) is 13.0 Å². The van der Waals surface area contributed by atoms with Crippen LogP contribution in [0.1, 0.15) is 18.5 Å². The third-order valence-electron chi connectivity index (χ3n) is 3.22. The number of sulfone groups is 1. The summed E-state index contributed by atoms with van der Waals surface area (Å²) in [5.74, 6) is -0.0479. The first kappa shape index (κ1) is 17.5. The molecular weight excluding hydrogens is 290 g/mol. The number of anilines is 1. The average Bonchev–Trinajstić information content (AvgIpc) is 2.43. The van der Waals surface area contributed by atoms with E-state index in [2.05, 4.69) is 10.6 Å². The van der Waals surface area contributed by atoms with Crippen LogP contribution in [0.25, 0.3) is 0 Å². The number of amides is 2. The Morgan fingerprint density at radius 3 is 2.62 bits per heavy atom. The van der Waals surface area contributed by atoms with Crippen LogP contribution in [0.4, 0.5) is 10.5 Å². The number of carbonyl (C=O) groups is 1. The van der Waals surface area contributed by atoms with Crippen LogP contribution in [0.5, 0.6) is 0 Å². The molecule has 0 saturated heterocycles. The van der Waals surface area contributed by atoms with Crippen molar-refractivity contribution in [3.05, 3.63) is 29.8 Å². The van der Waals surface area contributed by atoms with Crippen molar-refractivity contribution in [2.75, 3.05) is 38.0 Å². The minimum absolute atomic E-state index is 0.0479. The highest BCUT2D eigenvalue weighted by atomic mass is 32.2. The number of rotatable bonds is 6. The number of nitrogens with zero attached hydrogens (tertiary/aromatic N) is 1. The van der Waals surface area contributed by atoms with Gasteiger partial charge in [-0.3, -0.25) is 0 Å². The van der Waals surface area contributed by atoms with Crippen molar-refractivity contribution < 1.29 is 13.2 Å². The van der Waals surface area contributed by atoms with Crippen LogP contribution >= 0.6 is 0 Å². The van der Waals surface area contributed by atoms with Crippen LogP contribution in [0.2, 0.25) is 0 Å². The predicted octanol–water partition coefficient (Wildman–Crippen LogP) is 1.48. The third kappa shape index (κ3) is 6.14. The van der Waals surface area contributed by atoms with Crippen LogP contribution in [0.3, 0.4) is 0 Å². The third-order valence-corrected chi connectivity index (χ3v) is 4.14. The van der Waals surface area contributed by atoms with E-state index in [9.17, 15) is 13.2 Å². The molecule has 0 fully saturated rings. The molecule has 6 nitrogen and oxygen atoms in total. The second-order valence-electron chi connectivity index (χ2n) is 5.12. The number of urea groups is 1. The van der Waals surface area contributed by atoms with E-state index in [1.807, 2.05) is 32.2 Å². The lowest BCUT2D eigenvalue weighted by molar-refractivity contribution is 0.225. The number of hydrogen-bond donors (Lipinski definition) is 2. The summed E-state index contributed by atoms with van der Waals surface area (Å²) in [6, 6.07) is 7.40. The largest absolute Gasteiger partial charge is 0.327 e. The SMILES string of the molecule is CNC(C)c1cccc(NC(=O)N(C)CCS(C)(=O)=O)c1. The van der Waals surface area contributed by atoms with Crippen LogP contribution in [0, 0.1) is 0 Å². The van der Waals surface area contributed by atoms with Crippen molar-refractivity contribution >= 4 is 21.6 Å². The van der Waals surface area contributed by atoms with E-state index in [1.54, 1.807) is 13.1 Å². The van der Waals surface area contributed by atoms with E-state index < -0.39 is 9.84 Å². The van der Waals surface area contributed by atoms with E-state index >= 15 is 0 Å². The van der Waals surface area contributed by atoms with Gasteiger partial charge in [-0.05, 0) is 31.7 Å². The summed E-state index contributed by atoms with van der Waals surface area (Å²) in [6.07, 6.45) is 1.15. The fourth-order valence-electron chi connectivity index (χ4n) is 1.68. The maximum atomic E-state index is 12.0. The van der Waals surface area contributed by atoms with Crippen LogP contribution in [0.15, 0.2) is 24.3 Å². The summed E-state index contributed by atoms with van der Waals surface area (Å²) in [6.45, 7) is 2.19. The lowest BCUT2D eigenvalue weighted by atomic mass is 10.1. The molecule has 0 bridgehead atoms. The van der Waals surface area contributed by atoms with E-state index in [4.69, 9.17) is 0 Å². The zero-order valence-corrected chi connectivity index (χ0v) is 13.7. The van der Waals surface area contributed by atoms with Gasteiger partial charge in [-0.1, -0.05) is 12.1 Å². The quantitative estimate of drug-likeness (QED) is 0.834. The first-order valence-electron chi connectivity index (χ1n) is 6.70. The van der Waals surface area contributed by atoms with Gasteiger partial charge in [0.1, 0.15) is 9.84 Å². The first-order valence-corrected chi connectivity index (χ1v) is 8.76.